The van der Waals surface area contributed by atoms with Gasteiger partial charge in [-0.05, 0) is 55.7 Å². The second-order valence-electron chi connectivity index (χ2n) is 10.3. The summed E-state index contributed by atoms with van der Waals surface area (Å²) >= 11 is 6.94. The number of aryl methyl sites for hydroxylation is 1. The highest BCUT2D eigenvalue weighted by Crippen LogP contribution is 2.38. The van der Waals surface area contributed by atoms with Crippen molar-refractivity contribution in [3.63, 3.8) is 0 Å². The molecule has 2 aliphatic heterocycles. The Bertz CT molecular complexity index is 1220. The van der Waals surface area contributed by atoms with Crippen LogP contribution >= 0.6 is 24.0 Å². The van der Waals surface area contributed by atoms with Gasteiger partial charge < -0.3 is 4.90 Å². The standard InChI is InChI=1S/C26H32N4O2S2/c1-16-9-10-22-27-23(28-13-17(2)11-18(3)14-28)20(24(31)29(22)15-16)12-21-25(32)30(26(33)34-21)19-7-5-4-6-8-19/h9-10,12,15,17-19H,4-8,11,13-14H2,1-3H3/b21-12+/t17-,18-/m1/s1. The molecule has 6 nitrogen and oxygen atoms in total. The fraction of sp³-hybridized carbons (Fsp3) is 0.538. The number of hydrogen-bond acceptors (Lipinski definition) is 6. The molecular weight excluding hydrogens is 464 g/mol. The molecule has 34 heavy (non-hydrogen) atoms. The number of hydrogen-bond donors (Lipinski definition) is 0. The predicted molar refractivity (Wildman–Crippen MR) is 143 cm³/mol. The third-order valence-corrected chi connectivity index (χ3v) is 8.52. The van der Waals surface area contributed by atoms with E-state index in [1.54, 1.807) is 15.4 Å². The van der Waals surface area contributed by atoms with Crippen LogP contribution in [0.3, 0.4) is 0 Å². The number of carbonyl (C=O) groups is 1. The second-order valence-corrected chi connectivity index (χ2v) is 12.0. The Balaban J connectivity index is 1.61. The molecular formula is C26H32N4O2S2. The number of aromatic nitrogens is 2. The summed E-state index contributed by atoms with van der Waals surface area (Å²) in [7, 11) is 0. The van der Waals surface area contributed by atoms with Crippen LogP contribution in [0.25, 0.3) is 11.7 Å². The van der Waals surface area contributed by atoms with Crippen LogP contribution in [0.4, 0.5) is 5.82 Å². The summed E-state index contributed by atoms with van der Waals surface area (Å²) in [5.74, 6) is 1.64. The topological polar surface area (TPSA) is 57.9 Å². The van der Waals surface area contributed by atoms with Crippen molar-refractivity contribution in [3.05, 3.63) is 44.7 Å². The highest BCUT2D eigenvalue weighted by atomic mass is 32.2. The summed E-state index contributed by atoms with van der Waals surface area (Å²) in [6.45, 7) is 8.15. The molecule has 2 atom stereocenters. The van der Waals surface area contributed by atoms with Crippen molar-refractivity contribution in [1.29, 1.82) is 0 Å². The van der Waals surface area contributed by atoms with Gasteiger partial charge in [-0.1, -0.05) is 63.2 Å². The van der Waals surface area contributed by atoms with Crippen LogP contribution in [0.1, 0.15) is 63.5 Å². The number of nitrogens with zero attached hydrogens (tertiary/aromatic N) is 4. The number of thiocarbonyl (C=S) groups is 1. The molecule has 3 aliphatic rings. The van der Waals surface area contributed by atoms with Crippen LogP contribution in [0.15, 0.2) is 28.0 Å². The molecule has 0 spiro atoms. The normalized spacial score (nSPS) is 25.7. The van der Waals surface area contributed by atoms with Crippen LogP contribution < -0.4 is 10.5 Å². The van der Waals surface area contributed by atoms with Crippen molar-refractivity contribution >= 4 is 51.7 Å². The highest BCUT2D eigenvalue weighted by Gasteiger charge is 2.38. The van der Waals surface area contributed by atoms with Crippen LogP contribution in [0.2, 0.25) is 0 Å². The molecule has 0 aromatic carbocycles. The lowest BCUT2D eigenvalue weighted by Crippen LogP contribution is -2.41. The van der Waals surface area contributed by atoms with E-state index in [-0.39, 0.29) is 17.5 Å². The Morgan fingerprint density at radius 2 is 1.79 bits per heavy atom. The number of thioether (sulfide) groups is 1. The first-order valence-corrected chi connectivity index (χ1v) is 13.6. The van der Waals surface area contributed by atoms with Gasteiger partial charge in [0, 0.05) is 25.3 Å². The molecule has 0 bridgehead atoms. The van der Waals surface area contributed by atoms with Gasteiger partial charge >= 0.3 is 0 Å². The van der Waals surface area contributed by atoms with Gasteiger partial charge in [0.05, 0.1) is 10.5 Å². The summed E-state index contributed by atoms with van der Waals surface area (Å²) in [5, 5.41) is 0. The van der Waals surface area contributed by atoms with Gasteiger partial charge in [-0.15, -0.1) is 0 Å². The third-order valence-electron chi connectivity index (χ3n) is 7.19. The maximum Gasteiger partial charge on any atom is 0.267 e. The average molecular weight is 497 g/mol. The van der Waals surface area contributed by atoms with E-state index < -0.39 is 0 Å². The molecule has 1 amide bonds. The Morgan fingerprint density at radius 1 is 1.09 bits per heavy atom. The van der Waals surface area contributed by atoms with Gasteiger partial charge in [0.25, 0.3) is 11.5 Å². The molecule has 0 unspecified atom stereocenters. The summed E-state index contributed by atoms with van der Waals surface area (Å²) in [6, 6.07) is 4.04. The first-order chi connectivity index (χ1) is 16.3. The molecule has 180 valence electrons. The van der Waals surface area contributed by atoms with Crippen molar-refractivity contribution < 1.29 is 4.79 Å². The Morgan fingerprint density at radius 3 is 2.50 bits per heavy atom. The van der Waals surface area contributed by atoms with Crippen LogP contribution in [-0.4, -0.2) is 43.6 Å². The molecule has 0 N–H and O–H groups in total. The summed E-state index contributed by atoms with van der Waals surface area (Å²) < 4.78 is 2.21. The predicted octanol–water partition coefficient (Wildman–Crippen LogP) is 5.02. The van der Waals surface area contributed by atoms with Crippen LogP contribution in [-0.2, 0) is 4.79 Å². The van der Waals surface area contributed by atoms with E-state index in [4.69, 9.17) is 17.2 Å². The van der Waals surface area contributed by atoms with E-state index in [1.165, 1.54) is 18.2 Å². The fourth-order valence-corrected chi connectivity index (χ4v) is 7.10. The van der Waals surface area contributed by atoms with E-state index in [1.807, 2.05) is 25.3 Å². The third kappa shape index (κ3) is 4.42. The number of anilines is 1. The van der Waals surface area contributed by atoms with Crippen LogP contribution in [0, 0.1) is 18.8 Å². The minimum Gasteiger partial charge on any atom is -0.355 e. The van der Waals surface area contributed by atoms with Crippen molar-refractivity contribution in [1.82, 2.24) is 14.3 Å². The number of carbonyl (C=O) groups excluding carboxylic acids is 1. The Labute approximate surface area is 210 Å². The minimum absolute atomic E-state index is 0.0676. The first kappa shape index (κ1) is 23.5. The molecule has 0 radical (unpaired) electrons. The summed E-state index contributed by atoms with van der Waals surface area (Å²) in [6.07, 6.45) is 10.2. The van der Waals surface area contributed by atoms with Crippen molar-refractivity contribution in [2.24, 2.45) is 11.8 Å². The van der Waals surface area contributed by atoms with E-state index in [9.17, 15) is 9.59 Å². The number of amides is 1. The zero-order valence-electron chi connectivity index (χ0n) is 20.1. The maximum atomic E-state index is 13.8. The molecule has 1 saturated carbocycles. The second kappa shape index (κ2) is 9.46. The van der Waals surface area contributed by atoms with Gasteiger partial charge in [-0.3, -0.25) is 18.9 Å². The Kier molecular flexibility index (Phi) is 6.55. The lowest BCUT2D eigenvalue weighted by molar-refractivity contribution is -0.124. The molecule has 4 heterocycles. The van der Waals surface area contributed by atoms with Crippen LogP contribution in [0.5, 0.6) is 0 Å². The number of piperidine rings is 1. The van der Waals surface area contributed by atoms with Crippen molar-refractivity contribution in [3.8, 4) is 0 Å². The van der Waals surface area contributed by atoms with Gasteiger partial charge in [0.2, 0.25) is 0 Å². The SMILES string of the molecule is Cc1ccc2nc(N3C[C@H](C)C[C@@H](C)C3)c(/C=C3/SC(=S)N(C4CCCCC4)C3=O)c(=O)n2c1. The molecule has 3 fully saturated rings. The van der Waals surface area contributed by atoms with Crippen molar-refractivity contribution in [2.75, 3.05) is 18.0 Å². The average Bonchev–Trinajstić information content (AvgIpc) is 3.08. The molecule has 1 aliphatic carbocycles. The Hall–Kier alpha value is -2.19. The molecule has 2 saturated heterocycles. The quantitative estimate of drug-likeness (QED) is 0.439. The molecule has 2 aromatic rings. The number of pyridine rings is 1. The molecule has 5 rings (SSSR count). The monoisotopic (exact) mass is 496 g/mol. The fourth-order valence-electron chi connectivity index (χ4n) is 5.72. The van der Waals surface area contributed by atoms with E-state index >= 15 is 0 Å². The summed E-state index contributed by atoms with van der Waals surface area (Å²) in [4.78, 5) is 36.7. The smallest absolute Gasteiger partial charge is 0.267 e. The van der Waals surface area contributed by atoms with Gasteiger partial charge in [-0.2, -0.15) is 0 Å². The minimum atomic E-state index is -0.141. The summed E-state index contributed by atoms with van der Waals surface area (Å²) in [5.41, 5.74) is 1.95. The zero-order valence-corrected chi connectivity index (χ0v) is 21.8. The number of fused-ring (bicyclic) bond motifs is 1. The van der Waals surface area contributed by atoms with E-state index in [0.29, 0.717) is 38.1 Å². The van der Waals surface area contributed by atoms with Gasteiger partial charge in [0.1, 0.15) is 15.8 Å². The molecule has 2 aromatic heterocycles. The van der Waals surface area contributed by atoms with E-state index in [2.05, 4.69) is 18.7 Å². The lowest BCUT2D eigenvalue weighted by Gasteiger charge is -2.36. The lowest BCUT2D eigenvalue weighted by atomic mass is 9.91. The first-order valence-electron chi connectivity index (χ1n) is 12.4. The molecule has 8 heteroatoms. The van der Waals surface area contributed by atoms with E-state index in [0.717, 1.165) is 50.8 Å². The highest BCUT2D eigenvalue weighted by molar-refractivity contribution is 8.26. The van der Waals surface area contributed by atoms with Gasteiger partial charge in [-0.25, -0.2) is 4.98 Å². The van der Waals surface area contributed by atoms with Gasteiger partial charge in [0.15, 0.2) is 0 Å². The maximum absolute atomic E-state index is 13.8. The number of rotatable bonds is 3. The zero-order chi connectivity index (χ0) is 24.0. The van der Waals surface area contributed by atoms with Crippen molar-refractivity contribution in [2.45, 2.75) is 65.3 Å². The largest absolute Gasteiger partial charge is 0.355 e.